The number of nitrogens with one attached hydrogen (secondary N) is 1. The fourth-order valence-corrected chi connectivity index (χ4v) is 2.99. The molecule has 1 saturated carbocycles. The van der Waals surface area contributed by atoms with Crippen LogP contribution in [0.3, 0.4) is 0 Å². The average molecular weight is 329 g/mol. The number of methoxy groups -OCH3 is 1. The molecule has 3 atom stereocenters. The quantitative estimate of drug-likeness (QED) is 0.843. The van der Waals surface area contributed by atoms with E-state index in [-0.39, 0.29) is 24.3 Å². The first-order valence-electron chi connectivity index (χ1n) is 8.04. The summed E-state index contributed by atoms with van der Waals surface area (Å²) in [7, 11) is 3.43. The maximum absolute atomic E-state index is 12.4. The first-order chi connectivity index (χ1) is 11.4. The number of aliphatic hydroxyl groups is 1. The topological polar surface area (TPSA) is 76.4 Å². The predicted molar refractivity (Wildman–Crippen MR) is 89.6 cm³/mol. The van der Waals surface area contributed by atoms with Gasteiger partial charge in [0.2, 0.25) is 5.91 Å². The van der Waals surface area contributed by atoms with Gasteiger partial charge in [-0.2, -0.15) is 5.10 Å². The molecular weight excluding hydrogens is 306 g/mol. The van der Waals surface area contributed by atoms with Crippen molar-refractivity contribution in [2.75, 3.05) is 13.7 Å². The molecule has 6 nitrogen and oxygen atoms in total. The molecule has 0 bridgehead atoms. The Labute approximate surface area is 141 Å². The number of nitrogens with zero attached hydrogens (tertiary/aromatic N) is 2. The van der Waals surface area contributed by atoms with Crippen LogP contribution >= 0.6 is 0 Å². The zero-order valence-electron chi connectivity index (χ0n) is 14.2. The Hall–Kier alpha value is -2.34. The van der Waals surface area contributed by atoms with E-state index in [2.05, 4.69) is 10.4 Å². The van der Waals surface area contributed by atoms with E-state index in [4.69, 9.17) is 4.74 Å². The van der Waals surface area contributed by atoms with E-state index in [9.17, 15) is 9.90 Å². The highest BCUT2D eigenvalue weighted by molar-refractivity contribution is 5.83. The number of carbonyl (C=O) groups excluding carboxylic acids is 1. The first kappa shape index (κ1) is 16.5. The highest BCUT2D eigenvalue weighted by Crippen LogP contribution is 2.50. The Bertz CT molecular complexity index is 739. The van der Waals surface area contributed by atoms with Crippen molar-refractivity contribution < 1.29 is 14.6 Å². The minimum atomic E-state index is -1.14. The molecule has 6 heteroatoms. The molecule has 128 valence electrons. The van der Waals surface area contributed by atoms with Crippen LogP contribution in [-0.2, 0) is 17.4 Å². The molecule has 0 aliphatic heterocycles. The normalized spacial score (nSPS) is 21.8. The highest BCUT2D eigenvalue weighted by Gasteiger charge is 2.45. The lowest BCUT2D eigenvalue weighted by molar-refractivity contribution is -0.123. The van der Waals surface area contributed by atoms with Crippen molar-refractivity contribution in [2.24, 2.45) is 13.0 Å². The molecular formula is C18H23N3O3. The fourth-order valence-electron chi connectivity index (χ4n) is 2.99. The van der Waals surface area contributed by atoms with Crippen molar-refractivity contribution in [1.29, 1.82) is 0 Å². The summed E-state index contributed by atoms with van der Waals surface area (Å²) in [6, 6.07) is 7.79. The minimum Gasteiger partial charge on any atom is -0.496 e. The van der Waals surface area contributed by atoms with Gasteiger partial charge in [-0.05, 0) is 30.9 Å². The van der Waals surface area contributed by atoms with Crippen molar-refractivity contribution in [3.63, 3.8) is 0 Å². The molecule has 0 spiro atoms. The fraction of sp³-hybridized carbons (Fsp3) is 0.444. The summed E-state index contributed by atoms with van der Waals surface area (Å²) >= 11 is 0. The largest absolute Gasteiger partial charge is 0.496 e. The lowest BCUT2D eigenvalue weighted by Gasteiger charge is -2.22. The van der Waals surface area contributed by atoms with E-state index in [1.54, 1.807) is 38.2 Å². The Kier molecular flexibility index (Phi) is 4.32. The lowest BCUT2D eigenvalue weighted by atomic mass is 9.99. The van der Waals surface area contributed by atoms with Gasteiger partial charge < -0.3 is 15.2 Å². The van der Waals surface area contributed by atoms with Gasteiger partial charge in [0.05, 0.1) is 19.9 Å². The van der Waals surface area contributed by atoms with Crippen LogP contribution in [0.15, 0.2) is 36.7 Å². The molecule has 1 heterocycles. The minimum absolute atomic E-state index is 0.0323. The number of hydrogen-bond acceptors (Lipinski definition) is 4. The zero-order chi connectivity index (χ0) is 17.3. The molecule has 1 amide bonds. The molecule has 3 unspecified atom stereocenters. The second-order valence-electron chi connectivity index (χ2n) is 6.58. The van der Waals surface area contributed by atoms with E-state index < -0.39 is 5.60 Å². The van der Waals surface area contributed by atoms with Gasteiger partial charge in [0.25, 0.3) is 0 Å². The van der Waals surface area contributed by atoms with E-state index in [1.807, 2.05) is 24.3 Å². The number of para-hydroxylation sites is 1. The van der Waals surface area contributed by atoms with Gasteiger partial charge in [0.1, 0.15) is 11.4 Å². The number of rotatable bonds is 6. The number of aromatic nitrogens is 2. The van der Waals surface area contributed by atoms with E-state index >= 15 is 0 Å². The van der Waals surface area contributed by atoms with Crippen molar-refractivity contribution >= 4 is 5.91 Å². The molecule has 2 N–H and O–H groups in total. The summed E-state index contributed by atoms with van der Waals surface area (Å²) in [5.74, 6) is 0.908. The monoisotopic (exact) mass is 329 g/mol. The third-order valence-corrected chi connectivity index (χ3v) is 4.60. The molecule has 1 fully saturated rings. The van der Waals surface area contributed by atoms with Crippen LogP contribution in [0, 0.1) is 5.92 Å². The lowest BCUT2D eigenvalue weighted by Crippen LogP contribution is -2.39. The Balaban J connectivity index is 1.59. The van der Waals surface area contributed by atoms with Gasteiger partial charge in [-0.1, -0.05) is 18.2 Å². The van der Waals surface area contributed by atoms with Gasteiger partial charge in [0, 0.05) is 24.7 Å². The van der Waals surface area contributed by atoms with Crippen LogP contribution in [0.4, 0.5) is 0 Å². The number of benzene rings is 1. The van der Waals surface area contributed by atoms with Crippen LogP contribution in [0.1, 0.15) is 30.4 Å². The summed E-state index contributed by atoms with van der Waals surface area (Å²) < 4.78 is 7.00. The van der Waals surface area contributed by atoms with Crippen molar-refractivity contribution in [2.45, 2.75) is 24.9 Å². The molecule has 0 saturated heterocycles. The molecule has 2 aromatic rings. The maximum atomic E-state index is 12.4. The summed E-state index contributed by atoms with van der Waals surface area (Å²) in [4.78, 5) is 12.4. The second kappa shape index (κ2) is 6.28. The Morgan fingerprint density at radius 2 is 2.25 bits per heavy atom. The van der Waals surface area contributed by atoms with Gasteiger partial charge in [-0.3, -0.25) is 9.48 Å². The van der Waals surface area contributed by atoms with Crippen LogP contribution < -0.4 is 10.1 Å². The van der Waals surface area contributed by atoms with E-state index in [0.29, 0.717) is 5.56 Å². The zero-order valence-corrected chi connectivity index (χ0v) is 14.2. The highest BCUT2D eigenvalue weighted by atomic mass is 16.5. The SMILES string of the molecule is COc1ccccc1C1CC1C(=O)NCC(C)(O)c1cnn(C)c1. The molecule has 24 heavy (non-hydrogen) atoms. The van der Waals surface area contributed by atoms with E-state index in [1.165, 1.54) is 0 Å². The molecule has 0 radical (unpaired) electrons. The van der Waals surface area contributed by atoms with Gasteiger partial charge in [-0.25, -0.2) is 0 Å². The summed E-state index contributed by atoms with van der Waals surface area (Å²) in [6.07, 6.45) is 4.17. The van der Waals surface area contributed by atoms with Crippen molar-refractivity contribution in [1.82, 2.24) is 15.1 Å². The van der Waals surface area contributed by atoms with Crippen LogP contribution in [0.5, 0.6) is 5.75 Å². The van der Waals surface area contributed by atoms with Gasteiger partial charge in [0.15, 0.2) is 0 Å². The smallest absolute Gasteiger partial charge is 0.223 e. The van der Waals surface area contributed by atoms with Crippen molar-refractivity contribution in [3.8, 4) is 5.75 Å². The van der Waals surface area contributed by atoms with Crippen LogP contribution in [0.25, 0.3) is 0 Å². The molecule has 1 aliphatic rings. The molecule has 1 aromatic carbocycles. The number of aryl methyl sites for hydroxylation is 1. The van der Waals surface area contributed by atoms with Crippen LogP contribution in [-0.4, -0.2) is 34.4 Å². The third-order valence-electron chi connectivity index (χ3n) is 4.60. The number of hydrogen-bond donors (Lipinski definition) is 2. The van der Waals surface area contributed by atoms with Gasteiger partial charge >= 0.3 is 0 Å². The first-order valence-corrected chi connectivity index (χ1v) is 8.04. The maximum Gasteiger partial charge on any atom is 0.223 e. The summed E-state index contributed by atoms with van der Waals surface area (Å²) in [5.41, 5.74) is 0.611. The molecule has 3 rings (SSSR count). The number of amides is 1. The average Bonchev–Trinajstić information content (AvgIpc) is 3.25. The van der Waals surface area contributed by atoms with Gasteiger partial charge in [-0.15, -0.1) is 0 Å². The summed E-state index contributed by atoms with van der Waals surface area (Å²) in [5, 5.41) is 17.4. The molecule has 1 aromatic heterocycles. The standard InChI is InChI=1S/C18H23N3O3/c1-18(23,12-9-20-21(2)10-12)11-19-17(22)15-8-14(15)13-6-4-5-7-16(13)24-3/h4-7,9-10,14-15,23H,8,11H2,1-3H3,(H,19,22). The predicted octanol–water partition coefficient (Wildman–Crippen LogP) is 1.56. The second-order valence-corrected chi connectivity index (χ2v) is 6.58. The van der Waals surface area contributed by atoms with Crippen LogP contribution in [0.2, 0.25) is 0 Å². The number of carbonyl (C=O) groups is 1. The molecule has 1 aliphatic carbocycles. The van der Waals surface area contributed by atoms with E-state index in [0.717, 1.165) is 17.7 Å². The third kappa shape index (κ3) is 3.28. The Morgan fingerprint density at radius 1 is 1.50 bits per heavy atom. The summed E-state index contributed by atoms with van der Waals surface area (Å²) in [6.45, 7) is 1.83. The number of ether oxygens (including phenoxy) is 1. The van der Waals surface area contributed by atoms with Crippen molar-refractivity contribution in [3.05, 3.63) is 47.8 Å². The Morgan fingerprint density at radius 3 is 2.92 bits per heavy atom.